The third kappa shape index (κ3) is 3.38. The highest BCUT2D eigenvalue weighted by atomic mass is 16.1. The number of para-hydroxylation sites is 1. The molecule has 2 aromatic carbocycles. The average molecular weight is 346 g/mol. The van der Waals surface area contributed by atoms with Crippen molar-refractivity contribution in [3.05, 3.63) is 70.3 Å². The number of benzene rings is 2. The lowest BCUT2D eigenvalue weighted by atomic mass is 10.1. The minimum atomic E-state index is -0.266. The summed E-state index contributed by atoms with van der Waals surface area (Å²) < 4.78 is 1.65. The first-order chi connectivity index (χ1) is 12.5. The zero-order chi connectivity index (χ0) is 18.7. The van der Waals surface area contributed by atoms with Crippen LogP contribution >= 0.6 is 0 Å². The van der Waals surface area contributed by atoms with Crippen LogP contribution in [0.5, 0.6) is 0 Å². The summed E-state index contributed by atoms with van der Waals surface area (Å²) in [6.45, 7) is 3.79. The van der Waals surface area contributed by atoms with E-state index < -0.39 is 0 Å². The number of nitrogens with two attached hydrogens (primary N) is 1. The standard InChI is InChI=1S/C21H22N4O/c1-14(22)12-13-16-8-7-11-18-19(16)21(26)25(17-9-5-4-6-10-17)20(24-18)15(2)23-3/h4-11,14-15,23H,22H2,1-3H3. The molecule has 0 aliphatic heterocycles. The van der Waals surface area contributed by atoms with Crippen LogP contribution < -0.4 is 16.6 Å². The maximum atomic E-state index is 13.4. The molecule has 1 heterocycles. The molecule has 0 saturated heterocycles. The molecule has 0 fully saturated rings. The van der Waals surface area contributed by atoms with Crippen molar-refractivity contribution >= 4 is 10.9 Å². The molecule has 0 saturated carbocycles. The number of rotatable bonds is 3. The molecule has 1 aromatic heterocycles. The Morgan fingerprint density at radius 3 is 2.50 bits per heavy atom. The zero-order valence-electron chi connectivity index (χ0n) is 15.2. The molecule has 0 aliphatic rings. The van der Waals surface area contributed by atoms with Crippen LogP contribution in [0.2, 0.25) is 0 Å². The first kappa shape index (κ1) is 17.9. The number of nitrogens with zero attached hydrogens (tertiary/aromatic N) is 2. The quantitative estimate of drug-likeness (QED) is 0.714. The SMILES string of the molecule is CNC(C)c1nc2cccc(C#CC(C)N)c2c(=O)n1-c1ccccc1. The average Bonchev–Trinajstić information content (AvgIpc) is 2.65. The van der Waals surface area contributed by atoms with Gasteiger partial charge in [0.1, 0.15) is 5.82 Å². The molecule has 2 atom stereocenters. The maximum Gasteiger partial charge on any atom is 0.267 e. The Labute approximate surface area is 152 Å². The van der Waals surface area contributed by atoms with E-state index in [-0.39, 0.29) is 17.6 Å². The van der Waals surface area contributed by atoms with Crippen LogP contribution in [0.15, 0.2) is 53.3 Å². The van der Waals surface area contributed by atoms with Gasteiger partial charge in [-0.1, -0.05) is 36.1 Å². The Bertz CT molecular complexity index is 1040. The Morgan fingerprint density at radius 1 is 1.12 bits per heavy atom. The van der Waals surface area contributed by atoms with Crippen molar-refractivity contribution in [3.63, 3.8) is 0 Å². The fourth-order valence-corrected chi connectivity index (χ4v) is 2.79. The minimum absolute atomic E-state index is 0.0916. The molecule has 0 spiro atoms. The fourth-order valence-electron chi connectivity index (χ4n) is 2.79. The minimum Gasteiger partial charge on any atom is -0.318 e. The van der Waals surface area contributed by atoms with Gasteiger partial charge < -0.3 is 11.1 Å². The van der Waals surface area contributed by atoms with Gasteiger partial charge in [-0.3, -0.25) is 9.36 Å². The first-order valence-electron chi connectivity index (χ1n) is 8.58. The second kappa shape index (κ2) is 7.52. The van der Waals surface area contributed by atoms with Crippen molar-refractivity contribution in [1.82, 2.24) is 14.9 Å². The Balaban J connectivity index is 2.40. The lowest BCUT2D eigenvalue weighted by Gasteiger charge is -2.18. The summed E-state index contributed by atoms with van der Waals surface area (Å²) in [7, 11) is 1.85. The predicted molar refractivity (Wildman–Crippen MR) is 105 cm³/mol. The molecule has 3 N–H and O–H groups in total. The van der Waals surface area contributed by atoms with E-state index in [4.69, 9.17) is 10.7 Å². The predicted octanol–water partition coefficient (Wildman–Crippen LogP) is 2.36. The first-order valence-corrected chi connectivity index (χ1v) is 8.58. The van der Waals surface area contributed by atoms with Crippen LogP contribution in [0.25, 0.3) is 16.6 Å². The molecular weight excluding hydrogens is 324 g/mol. The van der Waals surface area contributed by atoms with Gasteiger partial charge in [0.25, 0.3) is 5.56 Å². The Morgan fingerprint density at radius 2 is 1.85 bits per heavy atom. The lowest BCUT2D eigenvalue weighted by Crippen LogP contribution is -2.29. The highest BCUT2D eigenvalue weighted by molar-refractivity contribution is 5.84. The molecule has 5 heteroatoms. The smallest absolute Gasteiger partial charge is 0.267 e. The molecule has 3 rings (SSSR count). The van der Waals surface area contributed by atoms with E-state index in [9.17, 15) is 4.79 Å². The molecule has 132 valence electrons. The molecule has 0 amide bonds. The van der Waals surface area contributed by atoms with Gasteiger partial charge in [-0.15, -0.1) is 0 Å². The summed E-state index contributed by atoms with van der Waals surface area (Å²) in [4.78, 5) is 18.2. The molecule has 3 aromatic rings. The van der Waals surface area contributed by atoms with E-state index in [1.54, 1.807) is 4.57 Å². The van der Waals surface area contributed by atoms with E-state index >= 15 is 0 Å². The van der Waals surface area contributed by atoms with Crippen LogP contribution in [0, 0.1) is 11.8 Å². The molecule has 0 aliphatic carbocycles. The van der Waals surface area contributed by atoms with Gasteiger partial charge in [-0.2, -0.15) is 0 Å². The molecule has 26 heavy (non-hydrogen) atoms. The van der Waals surface area contributed by atoms with E-state index in [0.29, 0.717) is 22.3 Å². The van der Waals surface area contributed by atoms with E-state index in [1.165, 1.54) is 0 Å². The molecule has 2 unspecified atom stereocenters. The summed E-state index contributed by atoms with van der Waals surface area (Å²) in [6, 6.07) is 14.7. The van der Waals surface area contributed by atoms with Crippen molar-refractivity contribution in [2.45, 2.75) is 25.9 Å². The number of hydrogen-bond acceptors (Lipinski definition) is 4. The second-order valence-corrected chi connectivity index (χ2v) is 6.21. The summed E-state index contributed by atoms with van der Waals surface area (Å²) in [5.74, 6) is 6.61. The number of hydrogen-bond donors (Lipinski definition) is 2. The largest absolute Gasteiger partial charge is 0.318 e. The van der Waals surface area contributed by atoms with Gasteiger partial charge in [0.15, 0.2) is 0 Å². The van der Waals surface area contributed by atoms with Crippen LogP contribution in [-0.2, 0) is 0 Å². The fraction of sp³-hybridized carbons (Fsp3) is 0.238. The third-order valence-corrected chi connectivity index (χ3v) is 4.19. The summed E-state index contributed by atoms with van der Waals surface area (Å²) in [6.07, 6.45) is 0. The van der Waals surface area contributed by atoms with Crippen molar-refractivity contribution < 1.29 is 0 Å². The van der Waals surface area contributed by atoms with Gasteiger partial charge in [0.05, 0.1) is 28.7 Å². The van der Waals surface area contributed by atoms with Gasteiger partial charge in [-0.05, 0) is 45.2 Å². The summed E-state index contributed by atoms with van der Waals surface area (Å²) in [5, 5.41) is 3.68. The topological polar surface area (TPSA) is 72.9 Å². The van der Waals surface area contributed by atoms with Crippen LogP contribution in [0.3, 0.4) is 0 Å². The van der Waals surface area contributed by atoms with Crippen molar-refractivity contribution in [1.29, 1.82) is 0 Å². The monoisotopic (exact) mass is 346 g/mol. The Kier molecular flexibility index (Phi) is 5.17. The van der Waals surface area contributed by atoms with Gasteiger partial charge in [0.2, 0.25) is 0 Å². The molecule has 5 nitrogen and oxygen atoms in total. The molecular formula is C21H22N4O. The number of fused-ring (bicyclic) bond motifs is 1. The van der Waals surface area contributed by atoms with Crippen LogP contribution in [-0.4, -0.2) is 22.6 Å². The maximum absolute atomic E-state index is 13.4. The van der Waals surface area contributed by atoms with Crippen molar-refractivity contribution in [2.24, 2.45) is 5.73 Å². The van der Waals surface area contributed by atoms with Crippen LogP contribution in [0.1, 0.15) is 31.3 Å². The van der Waals surface area contributed by atoms with Crippen molar-refractivity contribution in [3.8, 4) is 17.5 Å². The Hall–Kier alpha value is -2.94. The highest BCUT2D eigenvalue weighted by Gasteiger charge is 2.18. The molecule has 0 bridgehead atoms. The van der Waals surface area contributed by atoms with Gasteiger partial charge in [-0.25, -0.2) is 4.98 Å². The van der Waals surface area contributed by atoms with Crippen molar-refractivity contribution in [2.75, 3.05) is 7.05 Å². The van der Waals surface area contributed by atoms with E-state index in [2.05, 4.69) is 17.2 Å². The summed E-state index contributed by atoms with van der Waals surface area (Å²) in [5.41, 5.74) is 7.67. The van der Waals surface area contributed by atoms with Gasteiger partial charge >= 0.3 is 0 Å². The molecule has 0 radical (unpaired) electrons. The number of aromatic nitrogens is 2. The number of nitrogens with one attached hydrogen (secondary N) is 1. The van der Waals surface area contributed by atoms with Gasteiger partial charge in [0, 0.05) is 5.56 Å². The normalized spacial score (nSPS) is 13.1. The van der Waals surface area contributed by atoms with E-state index in [1.807, 2.05) is 69.4 Å². The van der Waals surface area contributed by atoms with E-state index in [0.717, 1.165) is 5.69 Å². The summed E-state index contributed by atoms with van der Waals surface area (Å²) >= 11 is 0. The van der Waals surface area contributed by atoms with Crippen LogP contribution in [0.4, 0.5) is 0 Å². The third-order valence-electron chi connectivity index (χ3n) is 4.19. The second-order valence-electron chi connectivity index (χ2n) is 6.21. The lowest BCUT2D eigenvalue weighted by molar-refractivity contribution is 0.589. The highest BCUT2D eigenvalue weighted by Crippen LogP contribution is 2.19. The zero-order valence-corrected chi connectivity index (χ0v) is 15.2.